The number of ether oxygens (including phenoxy) is 1. The first-order chi connectivity index (χ1) is 12.5. The van der Waals surface area contributed by atoms with E-state index in [1.165, 1.54) is 0 Å². The average Bonchev–Trinajstić information content (AvgIpc) is 2.64. The molecule has 0 aromatic carbocycles. The number of piperidine rings is 2. The van der Waals surface area contributed by atoms with Gasteiger partial charge in [0.25, 0.3) is 0 Å². The van der Waals surface area contributed by atoms with E-state index in [4.69, 9.17) is 4.74 Å². The van der Waals surface area contributed by atoms with E-state index in [1.54, 1.807) is 12.4 Å². The van der Waals surface area contributed by atoms with Crippen molar-refractivity contribution in [2.24, 2.45) is 5.41 Å². The molecule has 3 rings (SSSR count). The van der Waals surface area contributed by atoms with Gasteiger partial charge in [-0.25, -0.2) is 0 Å². The van der Waals surface area contributed by atoms with Gasteiger partial charge in [0.2, 0.25) is 11.8 Å². The first-order valence-electron chi connectivity index (χ1n) is 9.53. The third kappa shape index (κ3) is 4.61. The van der Waals surface area contributed by atoms with Crippen molar-refractivity contribution >= 4 is 11.8 Å². The van der Waals surface area contributed by atoms with Gasteiger partial charge in [-0.2, -0.15) is 0 Å². The number of likely N-dealkylation sites (tertiary alicyclic amines) is 2. The maximum atomic E-state index is 12.5. The Balaban J connectivity index is 1.64. The molecule has 0 saturated carbocycles. The van der Waals surface area contributed by atoms with Crippen LogP contribution in [0.2, 0.25) is 0 Å². The summed E-state index contributed by atoms with van der Waals surface area (Å²) < 4.78 is 5.49. The maximum Gasteiger partial charge on any atom is 0.248 e. The summed E-state index contributed by atoms with van der Waals surface area (Å²) in [6.07, 6.45) is 7.07. The van der Waals surface area contributed by atoms with Gasteiger partial charge < -0.3 is 14.5 Å². The number of amides is 2. The highest BCUT2D eigenvalue weighted by atomic mass is 16.5. The van der Waals surface area contributed by atoms with Gasteiger partial charge in [-0.1, -0.05) is 0 Å². The normalized spacial score (nSPS) is 23.7. The van der Waals surface area contributed by atoms with Gasteiger partial charge in [0.05, 0.1) is 6.10 Å². The SMILES string of the molecule is CC(C)OCC(=O)N1CCC[C@]2(CCC(=O)N(Cc3ccncc3)C2)C1. The molecule has 0 bridgehead atoms. The predicted molar refractivity (Wildman–Crippen MR) is 98.2 cm³/mol. The highest BCUT2D eigenvalue weighted by Crippen LogP contribution is 2.39. The molecule has 2 aliphatic rings. The van der Waals surface area contributed by atoms with E-state index in [2.05, 4.69) is 4.98 Å². The lowest BCUT2D eigenvalue weighted by molar-refractivity contribution is -0.146. The van der Waals surface area contributed by atoms with Crippen molar-refractivity contribution in [1.29, 1.82) is 0 Å². The highest BCUT2D eigenvalue weighted by molar-refractivity contribution is 5.78. The largest absolute Gasteiger partial charge is 0.369 e. The van der Waals surface area contributed by atoms with E-state index >= 15 is 0 Å². The van der Waals surface area contributed by atoms with Gasteiger partial charge in [-0.15, -0.1) is 0 Å². The van der Waals surface area contributed by atoms with E-state index in [1.807, 2.05) is 35.8 Å². The lowest BCUT2D eigenvalue weighted by Gasteiger charge is -2.48. The van der Waals surface area contributed by atoms with Gasteiger partial charge in [-0.05, 0) is 50.8 Å². The van der Waals surface area contributed by atoms with Crippen molar-refractivity contribution in [2.45, 2.75) is 52.2 Å². The van der Waals surface area contributed by atoms with Gasteiger partial charge in [0.1, 0.15) is 6.61 Å². The molecule has 2 fully saturated rings. The molecule has 0 unspecified atom stereocenters. The number of rotatable bonds is 5. The Hall–Kier alpha value is -1.95. The van der Waals surface area contributed by atoms with E-state index in [-0.39, 0.29) is 29.9 Å². The molecular formula is C20H29N3O3. The van der Waals surface area contributed by atoms with Gasteiger partial charge in [0.15, 0.2) is 0 Å². The second-order valence-electron chi connectivity index (χ2n) is 7.88. The molecular weight excluding hydrogens is 330 g/mol. The Bertz CT molecular complexity index is 634. The van der Waals surface area contributed by atoms with Crippen molar-refractivity contribution in [3.05, 3.63) is 30.1 Å². The number of aromatic nitrogens is 1. The summed E-state index contributed by atoms with van der Waals surface area (Å²) in [6.45, 7) is 6.89. The fourth-order valence-electron chi connectivity index (χ4n) is 4.04. The molecule has 1 aromatic heterocycles. The zero-order chi connectivity index (χ0) is 18.6. The quantitative estimate of drug-likeness (QED) is 0.809. The Morgan fingerprint density at radius 3 is 2.77 bits per heavy atom. The molecule has 1 atom stereocenters. The summed E-state index contributed by atoms with van der Waals surface area (Å²) in [4.78, 5) is 32.8. The van der Waals surface area contributed by atoms with Crippen LogP contribution in [0.4, 0.5) is 0 Å². The number of hydrogen-bond donors (Lipinski definition) is 0. The fraction of sp³-hybridized carbons (Fsp3) is 0.650. The van der Waals surface area contributed by atoms with Gasteiger partial charge in [-0.3, -0.25) is 14.6 Å². The third-order valence-corrected chi connectivity index (χ3v) is 5.43. The summed E-state index contributed by atoms with van der Waals surface area (Å²) in [5.74, 6) is 0.273. The first kappa shape index (κ1) is 18.8. The van der Waals surface area contributed by atoms with Crippen LogP contribution in [0.15, 0.2) is 24.5 Å². The molecule has 6 nitrogen and oxygen atoms in total. The number of carbonyl (C=O) groups is 2. The maximum absolute atomic E-state index is 12.5. The molecule has 0 N–H and O–H groups in total. The van der Waals surface area contributed by atoms with Crippen molar-refractivity contribution in [3.63, 3.8) is 0 Å². The lowest BCUT2D eigenvalue weighted by atomic mass is 9.73. The molecule has 1 spiro atoms. The topological polar surface area (TPSA) is 62.7 Å². The van der Waals surface area contributed by atoms with Crippen LogP contribution in [-0.4, -0.2) is 58.9 Å². The smallest absolute Gasteiger partial charge is 0.248 e. The van der Waals surface area contributed by atoms with Crippen molar-refractivity contribution in [2.75, 3.05) is 26.2 Å². The molecule has 6 heteroatoms. The van der Waals surface area contributed by atoms with Crippen molar-refractivity contribution in [1.82, 2.24) is 14.8 Å². The van der Waals surface area contributed by atoms with E-state index in [9.17, 15) is 9.59 Å². The first-order valence-corrected chi connectivity index (χ1v) is 9.53. The zero-order valence-corrected chi connectivity index (χ0v) is 15.8. The van der Waals surface area contributed by atoms with Crippen LogP contribution in [0.3, 0.4) is 0 Å². The minimum atomic E-state index is 0.0205. The predicted octanol–water partition coefficient (Wildman–Crippen LogP) is 2.24. The highest BCUT2D eigenvalue weighted by Gasteiger charge is 2.42. The van der Waals surface area contributed by atoms with E-state index in [0.717, 1.165) is 44.5 Å². The number of pyridine rings is 1. The molecule has 0 radical (unpaired) electrons. The van der Waals surface area contributed by atoms with E-state index in [0.29, 0.717) is 13.0 Å². The van der Waals surface area contributed by atoms with Crippen LogP contribution in [-0.2, 0) is 20.9 Å². The summed E-state index contributed by atoms with van der Waals surface area (Å²) in [5.41, 5.74) is 1.12. The lowest BCUT2D eigenvalue weighted by Crippen LogP contribution is -2.55. The molecule has 2 saturated heterocycles. The van der Waals surface area contributed by atoms with Gasteiger partial charge in [0, 0.05) is 50.4 Å². The average molecular weight is 359 g/mol. The second-order valence-corrected chi connectivity index (χ2v) is 7.88. The van der Waals surface area contributed by atoms with Crippen LogP contribution in [0.5, 0.6) is 0 Å². The molecule has 0 aliphatic carbocycles. The third-order valence-electron chi connectivity index (χ3n) is 5.43. The molecule has 3 heterocycles. The second kappa shape index (κ2) is 8.16. The molecule has 26 heavy (non-hydrogen) atoms. The Morgan fingerprint density at radius 1 is 1.27 bits per heavy atom. The van der Waals surface area contributed by atoms with E-state index < -0.39 is 0 Å². The minimum absolute atomic E-state index is 0.0205. The summed E-state index contributed by atoms with van der Waals surface area (Å²) >= 11 is 0. The van der Waals surface area contributed by atoms with Crippen LogP contribution >= 0.6 is 0 Å². The van der Waals surface area contributed by atoms with Crippen LogP contribution in [0.1, 0.15) is 45.1 Å². The Morgan fingerprint density at radius 2 is 2.04 bits per heavy atom. The number of nitrogens with zero attached hydrogens (tertiary/aromatic N) is 3. The van der Waals surface area contributed by atoms with Crippen LogP contribution < -0.4 is 0 Å². The molecule has 142 valence electrons. The standard InChI is InChI=1S/C20H29N3O3/c1-16(2)26-13-19(25)22-11-3-7-20(14-22)8-4-18(24)23(15-20)12-17-5-9-21-10-6-17/h5-6,9-10,16H,3-4,7-8,11-15H2,1-2H3/t20-/m0/s1. The minimum Gasteiger partial charge on any atom is -0.369 e. The monoisotopic (exact) mass is 359 g/mol. The zero-order valence-electron chi connectivity index (χ0n) is 15.8. The Kier molecular flexibility index (Phi) is 5.91. The Labute approximate surface area is 155 Å². The summed E-state index contributed by atoms with van der Waals surface area (Å²) in [5, 5.41) is 0. The van der Waals surface area contributed by atoms with Gasteiger partial charge >= 0.3 is 0 Å². The number of carbonyl (C=O) groups excluding carboxylic acids is 2. The summed E-state index contributed by atoms with van der Waals surface area (Å²) in [6, 6.07) is 3.91. The number of hydrogen-bond acceptors (Lipinski definition) is 4. The molecule has 2 amide bonds. The van der Waals surface area contributed by atoms with Crippen molar-refractivity contribution < 1.29 is 14.3 Å². The molecule has 2 aliphatic heterocycles. The fourth-order valence-corrected chi connectivity index (χ4v) is 4.04. The summed E-state index contributed by atoms with van der Waals surface area (Å²) in [7, 11) is 0. The van der Waals surface area contributed by atoms with Crippen LogP contribution in [0, 0.1) is 5.41 Å². The molecule has 1 aromatic rings. The van der Waals surface area contributed by atoms with Crippen LogP contribution in [0.25, 0.3) is 0 Å². The van der Waals surface area contributed by atoms with Crippen molar-refractivity contribution in [3.8, 4) is 0 Å².